The third-order valence-electron chi connectivity index (χ3n) is 5.86. The predicted octanol–water partition coefficient (Wildman–Crippen LogP) is 5.39. The van der Waals surface area contributed by atoms with Crippen LogP contribution in [-0.4, -0.2) is 30.2 Å². The van der Waals surface area contributed by atoms with E-state index in [9.17, 15) is 4.79 Å². The molecule has 31 heavy (non-hydrogen) atoms. The minimum atomic E-state index is -0.496. The van der Waals surface area contributed by atoms with E-state index < -0.39 is 5.41 Å². The number of benzene rings is 2. The highest BCUT2D eigenvalue weighted by molar-refractivity contribution is 6.30. The second kappa shape index (κ2) is 8.94. The number of hydrogen-bond donors (Lipinski definition) is 2. The van der Waals surface area contributed by atoms with Crippen LogP contribution in [0.3, 0.4) is 0 Å². The van der Waals surface area contributed by atoms with Gasteiger partial charge in [-0.25, -0.2) is 0 Å². The number of hydrogen-bond acceptors (Lipinski definition) is 5. The standard InChI is InChI=1S/C24H26ClN5O/c1-30(2)21-15-22(29-26-16-21)27-19-9-11-20(12-10-19)28-23(31)24(13-3-4-14-24)17-5-7-18(25)8-6-17/h5-12,15-16H,3-4,13-14H2,1-2H3,(H,27,29)(H,28,31). The van der Waals surface area contributed by atoms with Crippen LogP contribution in [0.5, 0.6) is 0 Å². The molecule has 1 heterocycles. The van der Waals surface area contributed by atoms with Gasteiger partial charge in [-0.15, -0.1) is 5.10 Å². The molecule has 1 aliphatic rings. The van der Waals surface area contributed by atoms with Gasteiger partial charge in [-0.3, -0.25) is 4.79 Å². The van der Waals surface area contributed by atoms with Gasteiger partial charge in [0.15, 0.2) is 5.82 Å². The molecule has 1 aromatic heterocycles. The van der Waals surface area contributed by atoms with Crippen molar-refractivity contribution in [2.24, 2.45) is 0 Å². The van der Waals surface area contributed by atoms with Crippen LogP contribution in [0.4, 0.5) is 22.9 Å². The number of halogens is 1. The van der Waals surface area contributed by atoms with Gasteiger partial charge < -0.3 is 15.5 Å². The minimum absolute atomic E-state index is 0.0394. The van der Waals surface area contributed by atoms with Crippen molar-refractivity contribution in [3.63, 3.8) is 0 Å². The predicted molar refractivity (Wildman–Crippen MR) is 126 cm³/mol. The summed E-state index contributed by atoms with van der Waals surface area (Å²) < 4.78 is 0. The Balaban J connectivity index is 1.47. The van der Waals surface area contributed by atoms with Gasteiger partial charge in [0.05, 0.1) is 17.3 Å². The fraction of sp³-hybridized carbons (Fsp3) is 0.292. The van der Waals surface area contributed by atoms with Crippen LogP contribution in [-0.2, 0) is 10.2 Å². The van der Waals surface area contributed by atoms with Gasteiger partial charge in [0, 0.05) is 36.6 Å². The molecule has 0 unspecified atom stereocenters. The van der Waals surface area contributed by atoms with Gasteiger partial charge >= 0.3 is 0 Å². The van der Waals surface area contributed by atoms with Crippen molar-refractivity contribution in [1.29, 1.82) is 0 Å². The molecule has 0 saturated heterocycles. The van der Waals surface area contributed by atoms with Crippen LogP contribution in [0.1, 0.15) is 31.2 Å². The van der Waals surface area contributed by atoms with Crippen molar-refractivity contribution >= 4 is 40.4 Å². The first-order valence-electron chi connectivity index (χ1n) is 10.4. The Hall–Kier alpha value is -3.12. The average molecular weight is 436 g/mol. The van der Waals surface area contributed by atoms with Gasteiger partial charge in [-0.1, -0.05) is 36.6 Å². The molecule has 7 heteroatoms. The summed E-state index contributed by atoms with van der Waals surface area (Å²) in [6, 6.07) is 17.2. The summed E-state index contributed by atoms with van der Waals surface area (Å²) >= 11 is 6.05. The number of rotatable bonds is 6. The van der Waals surface area contributed by atoms with E-state index in [2.05, 4.69) is 20.8 Å². The summed E-state index contributed by atoms with van der Waals surface area (Å²) in [6.45, 7) is 0. The molecule has 6 nitrogen and oxygen atoms in total. The molecule has 1 amide bonds. The molecule has 1 fully saturated rings. The number of anilines is 4. The molecule has 0 aliphatic heterocycles. The van der Waals surface area contributed by atoms with Gasteiger partial charge in [0.2, 0.25) is 5.91 Å². The maximum absolute atomic E-state index is 13.3. The topological polar surface area (TPSA) is 70.2 Å². The van der Waals surface area contributed by atoms with Crippen molar-refractivity contribution in [3.8, 4) is 0 Å². The number of carbonyl (C=O) groups excluding carboxylic acids is 1. The Labute approximate surface area is 187 Å². The van der Waals surface area contributed by atoms with Crippen molar-refractivity contribution in [1.82, 2.24) is 10.2 Å². The van der Waals surface area contributed by atoms with E-state index in [-0.39, 0.29) is 5.91 Å². The normalized spacial score (nSPS) is 14.8. The van der Waals surface area contributed by atoms with Crippen molar-refractivity contribution < 1.29 is 4.79 Å². The van der Waals surface area contributed by atoms with E-state index >= 15 is 0 Å². The highest BCUT2D eigenvalue weighted by Gasteiger charge is 2.42. The molecule has 160 valence electrons. The summed E-state index contributed by atoms with van der Waals surface area (Å²) in [7, 11) is 3.92. The van der Waals surface area contributed by atoms with E-state index in [1.54, 1.807) is 6.20 Å². The SMILES string of the molecule is CN(C)c1cnnc(Nc2ccc(NC(=O)C3(c4ccc(Cl)cc4)CCCC3)cc2)c1. The van der Waals surface area contributed by atoms with Crippen molar-refractivity contribution in [2.45, 2.75) is 31.1 Å². The molecular formula is C24H26ClN5O. The monoisotopic (exact) mass is 435 g/mol. The lowest BCUT2D eigenvalue weighted by molar-refractivity contribution is -0.121. The first kappa shape index (κ1) is 21.1. The summed E-state index contributed by atoms with van der Waals surface area (Å²) in [5.41, 5.74) is 3.14. The minimum Gasteiger partial charge on any atom is -0.376 e. The second-order valence-corrected chi connectivity index (χ2v) is 8.58. The number of amides is 1. The number of aromatic nitrogens is 2. The molecule has 2 aromatic carbocycles. The zero-order valence-corrected chi connectivity index (χ0v) is 18.5. The highest BCUT2D eigenvalue weighted by Crippen LogP contribution is 2.42. The second-order valence-electron chi connectivity index (χ2n) is 8.15. The van der Waals surface area contributed by atoms with Crippen LogP contribution >= 0.6 is 11.6 Å². The molecule has 0 atom stereocenters. The Morgan fingerprint density at radius 3 is 2.29 bits per heavy atom. The van der Waals surface area contributed by atoms with Crippen LogP contribution in [0, 0.1) is 0 Å². The summed E-state index contributed by atoms with van der Waals surface area (Å²) in [6.07, 6.45) is 5.50. The molecule has 0 spiro atoms. The highest BCUT2D eigenvalue weighted by atomic mass is 35.5. The summed E-state index contributed by atoms with van der Waals surface area (Å²) in [5.74, 6) is 0.702. The van der Waals surface area contributed by atoms with E-state index in [1.807, 2.05) is 73.6 Å². The summed E-state index contributed by atoms with van der Waals surface area (Å²) in [5, 5.41) is 15.2. The molecule has 1 aliphatic carbocycles. The Kier molecular flexibility index (Phi) is 6.09. The Bertz CT molecular complexity index is 1040. The van der Waals surface area contributed by atoms with Crippen molar-refractivity contribution in [2.75, 3.05) is 29.6 Å². The van der Waals surface area contributed by atoms with E-state index in [4.69, 9.17) is 11.6 Å². The van der Waals surface area contributed by atoms with Gasteiger partial charge in [-0.2, -0.15) is 5.10 Å². The van der Waals surface area contributed by atoms with Crippen LogP contribution in [0.2, 0.25) is 5.02 Å². The number of carbonyl (C=O) groups is 1. The Morgan fingerprint density at radius 1 is 1.00 bits per heavy atom. The van der Waals surface area contributed by atoms with E-state index in [1.165, 1.54) is 0 Å². The van der Waals surface area contributed by atoms with Crippen LogP contribution in [0.15, 0.2) is 60.8 Å². The maximum Gasteiger partial charge on any atom is 0.235 e. The number of nitrogens with one attached hydrogen (secondary N) is 2. The lowest BCUT2D eigenvalue weighted by atomic mass is 9.78. The lowest BCUT2D eigenvalue weighted by Crippen LogP contribution is -2.37. The van der Waals surface area contributed by atoms with Crippen LogP contribution < -0.4 is 15.5 Å². The summed E-state index contributed by atoms with van der Waals surface area (Å²) in [4.78, 5) is 15.3. The molecule has 2 N–H and O–H groups in total. The van der Waals surface area contributed by atoms with Gasteiger partial charge in [0.1, 0.15) is 0 Å². The fourth-order valence-corrected chi connectivity index (χ4v) is 4.22. The maximum atomic E-state index is 13.3. The largest absolute Gasteiger partial charge is 0.376 e. The van der Waals surface area contributed by atoms with Crippen LogP contribution in [0.25, 0.3) is 0 Å². The molecule has 1 saturated carbocycles. The third kappa shape index (κ3) is 4.64. The first-order valence-corrected chi connectivity index (χ1v) is 10.8. The molecule has 0 radical (unpaired) electrons. The van der Waals surface area contributed by atoms with Crippen molar-refractivity contribution in [3.05, 3.63) is 71.4 Å². The smallest absolute Gasteiger partial charge is 0.235 e. The quantitative estimate of drug-likeness (QED) is 0.543. The lowest BCUT2D eigenvalue weighted by Gasteiger charge is -2.28. The average Bonchev–Trinajstić information content (AvgIpc) is 3.27. The van der Waals surface area contributed by atoms with E-state index in [0.717, 1.165) is 48.3 Å². The fourth-order valence-electron chi connectivity index (χ4n) is 4.09. The molecule has 0 bridgehead atoms. The zero-order valence-electron chi connectivity index (χ0n) is 17.7. The Morgan fingerprint density at radius 2 is 1.65 bits per heavy atom. The van der Waals surface area contributed by atoms with E-state index in [0.29, 0.717) is 10.8 Å². The third-order valence-corrected chi connectivity index (χ3v) is 6.11. The first-order chi connectivity index (χ1) is 15.0. The van der Waals surface area contributed by atoms with Gasteiger partial charge in [0.25, 0.3) is 0 Å². The van der Waals surface area contributed by atoms with Gasteiger partial charge in [-0.05, 0) is 54.8 Å². The molecular weight excluding hydrogens is 410 g/mol. The molecule has 3 aromatic rings. The number of nitrogens with zero attached hydrogens (tertiary/aromatic N) is 3. The molecule has 4 rings (SSSR count). The zero-order chi connectivity index (χ0) is 21.8.